The maximum atomic E-state index is 10.7. The fraction of sp³-hybridized carbons (Fsp3) is 1.00. The third-order valence-corrected chi connectivity index (χ3v) is 3.68. The zero-order chi connectivity index (χ0) is 11.7. The Hall–Kier alpha value is -0.120. The smallest absolute Gasteiger partial charge is 0.0851 e. The Kier molecular flexibility index (Phi) is 3.80. The summed E-state index contributed by atoms with van der Waals surface area (Å²) in [5.41, 5.74) is 4.76. The number of ether oxygens (including phenoxy) is 1. The predicted octanol–water partition coefficient (Wildman–Crippen LogP) is 1.54. The van der Waals surface area contributed by atoms with Crippen LogP contribution < -0.4 is 5.73 Å². The van der Waals surface area contributed by atoms with Crippen LogP contribution in [0, 0.1) is 11.8 Å². The highest BCUT2D eigenvalue weighted by atomic mass is 16.5. The topological polar surface area (TPSA) is 55.5 Å². The molecule has 3 nitrogen and oxygen atoms in total. The monoisotopic (exact) mass is 215 g/mol. The van der Waals surface area contributed by atoms with E-state index in [1.54, 1.807) is 7.11 Å². The average molecular weight is 215 g/mol. The van der Waals surface area contributed by atoms with Gasteiger partial charge in [0.15, 0.2) is 0 Å². The number of aliphatic hydroxyl groups is 1. The van der Waals surface area contributed by atoms with Gasteiger partial charge in [-0.05, 0) is 38.0 Å². The van der Waals surface area contributed by atoms with E-state index in [4.69, 9.17) is 10.5 Å². The molecule has 1 fully saturated rings. The van der Waals surface area contributed by atoms with Gasteiger partial charge in [-0.25, -0.2) is 0 Å². The first-order chi connectivity index (χ1) is 6.81. The van der Waals surface area contributed by atoms with Crippen molar-refractivity contribution in [2.45, 2.75) is 51.2 Å². The highest BCUT2D eigenvalue weighted by Gasteiger charge is 2.48. The SMILES string of the molecule is COCC(C)(N)C1(O)CC(C)CC(C)C1. The molecular formula is C12H25NO2. The molecule has 0 bridgehead atoms. The van der Waals surface area contributed by atoms with Crippen LogP contribution in [0.25, 0.3) is 0 Å². The van der Waals surface area contributed by atoms with Crippen LogP contribution in [0.5, 0.6) is 0 Å². The summed E-state index contributed by atoms with van der Waals surface area (Å²) in [5, 5.41) is 10.7. The Labute approximate surface area is 93.0 Å². The second-order valence-electron chi connectivity index (χ2n) is 5.74. The Bertz CT molecular complexity index is 206. The molecule has 0 heterocycles. The van der Waals surface area contributed by atoms with E-state index in [0.717, 1.165) is 12.8 Å². The van der Waals surface area contributed by atoms with E-state index >= 15 is 0 Å². The fourth-order valence-electron chi connectivity index (χ4n) is 2.99. The van der Waals surface area contributed by atoms with E-state index in [1.165, 1.54) is 6.42 Å². The molecule has 0 aromatic heterocycles. The molecule has 3 heteroatoms. The molecule has 90 valence electrons. The Morgan fingerprint density at radius 2 is 1.87 bits per heavy atom. The Balaban J connectivity index is 2.79. The minimum Gasteiger partial charge on any atom is -0.388 e. The van der Waals surface area contributed by atoms with Crippen molar-refractivity contribution in [3.05, 3.63) is 0 Å². The summed E-state index contributed by atoms with van der Waals surface area (Å²) < 4.78 is 5.11. The Morgan fingerprint density at radius 3 is 2.27 bits per heavy atom. The average Bonchev–Trinajstić information content (AvgIpc) is 2.00. The standard InChI is InChI=1S/C12H25NO2/c1-9-5-10(2)7-12(14,6-9)11(3,13)8-15-4/h9-10,14H,5-8,13H2,1-4H3. The van der Waals surface area contributed by atoms with Gasteiger partial charge in [0.25, 0.3) is 0 Å². The maximum Gasteiger partial charge on any atom is 0.0851 e. The van der Waals surface area contributed by atoms with Crippen LogP contribution in [0.2, 0.25) is 0 Å². The minimum absolute atomic E-state index is 0.406. The number of hydrogen-bond donors (Lipinski definition) is 2. The summed E-state index contributed by atoms with van der Waals surface area (Å²) >= 11 is 0. The highest BCUT2D eigenvalue weighted by molar-refractivity contribution is 5.04. The van der Waals surface area contributed by atoms with E-state index in [1.807, 2.05) is 6.92 Å². The van der Waals surface area contributed by atoms with Crippen molar-refractivity contribution in [3.8, 4) is 0 Å². The summed E-state index contributed by atoms with van der Waals surface area (Å²) in [6, 6.07) is 0. The molecule has 3 atom stereocenters. The summed E-state index contributed by atoms with van der Waals surface area (Å²) in [6.07, 6.45) is 2.76. The van der Waals surface area contributed by atoms with Gasteiger partial charge in [-0.15, -0.1) is 0 Å². The molecule has 0 saturated heterocycles. The molecule has 0 spiro atoms. The van der Waals surface area contributed by atoms with Crippen molar-refractivity contribution in [2.75, 3.05) is 13.7 Å². The first-order valence-corrected chi connectivity index (χ1v) is 5.81. The van der Waals surface area contributed by atoms with E-state index in [2.05, 4.69) is 13.8 Å². The normalized spacial score (nSPS) is 41.2. The molecule has 3 N–H and O–H groups in total. The van der Waals surface area contributed by atoms with Gasteiger partial charge in [0.1, 0.15) is 0 Å². The molecule has 0 aliphatic heterocycles. The van der Waals surface area contributed by atoms with Crippen molar-refractivity contribution in [2.24, 2.45) is 17.6 Å². The van der Waals surface area contributed by atoms with Gasteiger partial charge >= 0.3 is 0 Å². The van der Waals surface area contributed by atoms with Gasteiger partial charge in [-0.1, -0.05) is 13.8 Å². The fourth-order valence-corrected chi connectivity index (χ4v) is 2.99. The molecule has 1 aliphatic carbocycles. The second-order valence-corrected chi connectivity index (χ2v) is 5.74. The van der Waals surface area contributed by atoms with Crippen molar-refractivity contribution >= 4 is 0 Å². The van der Waals surface area contributed by atoms with Crippen LogP contribution in [0.3, 0.4) is 0 Å². The van der Waals surface area contributed by atoms with Crippen LogP contribution >= 0.6 is 0 Å². The van der Waals surface area contributed by atoms with Crippen molar-refractivity contribution < 1.29 is 9.84 Å². The molecule has 15 heavy (non-hydrogen) atoms. The third kappa shape index (κ3) is 2.71. The number of rotatable bonds is 3. The van der Waals surface area contributed by atoms with Gasteiger partial charge in [0.05, 0.1) is 17.7 Å². The lowest BCUT2D eigenvalue weighted by Gasteiger charge is -2.48. The highest BCUT2D eigenvalue weighted by Crippen LogP contribution is 2.41. The number of nitrogens with two attached hydrogens (primary N) is 1. The lowest BCUT2D eigenvalue weighted by molar-refractivity contribution is -0.103. The molecule has 1 aliphatic rings. The first kappa shape index (κ1) is 12.9. The van der Waals surface area contributed by atoms with Gasteiger partial charge < -0.3 is 15.6 Å². The van der Waals surface area contributed by atoms with E-state index in [0.29, 0.717) is 18.4 Å². The zero-order valence-corrected chi connectivity index (χ0v) is 10.4. The van der Waals surface area contributed by atoms with Crippen LogP contribution in [-0.4, -0.2) is 30.0 Å². The lowest BCUT2D eigenvalue weighted by Crippen LogP contribution is -2.63. The first-order valence-electron chi connectivity index (χ1n) is 5.81. The lowest BCUT2D eigenvalue weighted by atomic mass is 9.66. The van der Waals surface area contributed by atoms with Gasteiger partial charge in [-0.2, -0.15) is 0 Å². The van der Waals surface area contributed by atoms with Crippen LogP contribution in [0.1, 0.15) is 40.0 Å². The summed E-state index contributed by atoms with van der Waals surface area (Å²) in [7, 11) is 1.63. The summed E-state index contributed by atoms with van der Waals surface area (Å²) in [4.78, 5) is 0. The van der Waals surface area contributed by atoms with Gasteiger partial charge in [-0.3, -0.25) is 0 Å². The maximum absolute atomic E-state index is 10.7. The molecule has 1 rings (SSSR count). The molecule has 0 radical (unpaired) electrons. The zero-order valence-electron chi connectivity index (χ0n) is 10.4. The number of methoxy groups -OCH3 is 1. The van der Waals surface area contributed by atoms with Crippen molar-refractivity contribution in [1.29, 1.82) is 0 Å². The van der Waals surface area contributed by atoms with Crippen molar-refractivity contribution in [1.82, 2.24) is 0 Å². The van der Waals surface area contributed by atoms with Crippen LogP contribution in [0.4, 0.5) is 0 Å². The molecule has 0 aromatic rings. The summed E-state index contributed by atoms with van der Waals surface area (Å²) in [5.74, 6) is 1.08. The van der Waals surface area contributed by atoms with Gasteiger partial charge in [0, 0.05) is 7.11 Å². The van der Waals surface area contributed by atoms with Crippen LogP contribution in [-0.2, 0) is 4.74 Å². The number of hydrogen-bond acceptors (Lipinski definition) is 3. The Morgan fingerprint density at radius 1 is 1.40 bits per heavy atom. The van der Waals surface area contributed by atoms with E-state index in [9.17, 15) is 5.11 Å². The summed E-state index contributed by atoms with van der Waals surface area (Å²) in [6.45, 7) is 6.66. The van der Waals surface area contributed by atoms with Crippen LogP contribution in [0.15, 0.2) is 0 Å². The van der Waals surface area contributed by atoms with E-state index < -0.39 is 11.1 Å². The molecular weight excluding hydrogens is 190 g/mol. The third-order valence-electron chi connectivity index (χ3n) is 3.68. The molecule has 1 saturated carbocycles. The predicted molar refractivity (Wildman–Crippen MR) is 61.6 cm³/mol. The largest absolute Gasteiger partial charge is 0.388 e. The minimum atomic E-state index is -0.778. The molecule has 0 aromatic carbocycles. The van der Waals surface area contributed by atoms with Crippen molar-refractivity contribution in [3.63, 3.8) is 0 Å². The second kappa shape index (κ2) is 4.40. The van der Waals surface area contributed by atoms with Gasteiger partial charge in [0.2, 0.25) is 0 Å². The quantitative estimate of drug-likeness (QED) is 0.751. The van der Waals surface area contributed by atoms with E-state index in [-0.39, 0.29) is 0 Å². The molecule has 3 unspecified atom stereocenters. The molecule has 0 amide bonds.